The first-order valence-electron chi connectivity index (χ1n) is 8.40. The second-order valence-electron chi connectivity index (χ2n) is 6.16. The fraction of sp³-hybridized carbons (Fsp3) is 0.529. The Hall–Kier alpha value is -2.28. The molecule has 0 aliphatic heterocycles. The number of nitrogens with zero attached hydrogens (tertiary/aromatic N) is 3. The predicted molar refractivity (Wildman–Crippen MR) is 86.8 cm³/mol. The number of hydrogen-bond donors (Lipinski definition) is 2. The van der Waals surface area contributed by atoms with E-state index in [0.29, 0.717) is 30.6 Å². The maximum atomic E-state index is 11.9. The van der Waals surface area contributed by atoms with Gasteiger partial charge in [0.1, 0.15) is 0 Å². The van der Waals surface area contributed by atoms with Crippen LogP contribution in [0.4, 0.5) is 0 Å². The van der Waals surface area contributed by atoms with E-state index in [-0.39, 0.29) is 12.3 Å². The molecule has 7 heteroatoms. The molecule has 0 radical (unpaired) electrons. The quantitative estimate of drug-likeness (QED) is 0.802. The Morgan fingerprint density at radius 2 is 2.08 bits per heavy atom. The van der Waals surface area contributed by atoms with Crippen LogP contribution in [0.1, 0.15) is 38.0 Å². The minimum Gasteiger partial charge on any atom is -0.391 e. The van der Waals surface area contributed by atoms with Gasteiger partial charge in [0.25, 0.3) is 0 Å². The molecule has 1 aliphatic rings. The zero-order valence-electron chi connectivity index (χ0n) is 13.5. The molecule has 0 spiro atoms. The van der Waals surface area contributed by atoms with E-state index < -0.39 is 6.10 Å². The average Bonchev–Trinajstić information content (AvgIpc) is 3.30. The summed E-state index contributed by atoms with van der Waals surface area (Å²) < 4.78 is 5.17. The van der Waals surface area contributed by atoms with Crippen molar-refractivity contribution >= 4 is 5.91 Å². The van der Waals surface area contributed by atoms with Gasteiger partial charge in [0.15, 0.2) is 0 Å². The standard InChI is InChI=1S/C17H22N4O3/c22-14(12-3-1-2-4-12)11-19-15(23)5-6-16-20-17(21-24-16)13-7-9-18-10-8-13/h7-10,12,14,22H,1-6,11H2,(H,19,23). The monoisotopic (exact) mass is 330 g/mol. The first-order chi connectivity index (χ1) is 11.7. The summed E-state index contributed by atoms with van der Waals surface area (Å²) in [6.07, 6.45) is 7.97. The lowest BCUT2D eigenvalue weighted by Crippen LogP contribution is -2.35. The molecule has 0 saturated heterocycles. The highest BCUT2D eigenvalue weighted by Crippen LogP contribution is 2.27. The maximum absolute atomic E-state index is 11.9. The zero-order valence-corrected chi connectivity index (χ0v) is 13.5. The first-order valence-corrected chi connectivity index (χ1v) is 8.40. The number of aliphatic hydroxyl groups is 1. The number of aryl methyl sites for hydroxylation is 1. The molecule has 2 aromatic rings. The lowest BCUT2D eigenvalue weighted by Gasteiger charge is -2.17. The molecule has 3 rings (SSSR count). The van der Waals surface area contributed by atoms with Gasteiger partial charge in [-0.2, -0.15) is 4.98 Å². The Bertz CT molecular complexity index is 653. The lowest BCUT2D eigenvalue weighted by molar-refractivity contribution is -0.121. The fourth-order valence-electron chi connectivity index (χ4n) is 3.01. The van der Waals surface area contributed by atoms with Crippen LogP contribution in [0.2, 0.25) is 0 Å². The molecule has 2 N–H and O–H groups in total. The predicted octanol–water partition coefficient (Wildman–Crippen LogP) is 1.73. The van der Waals surface area contributed by atoms with Crippen molar-refractivity contribution in [3.8, 4) is 11.4 Å². The molecule has 1 fully saturated rings. The number of amides is 1. The summed E-state index contributed by atoms with van der Waals surface area (Å²) in [5.41, 5.74) is 0.823. The van der Waals surface area contributed by atoms with Gasteiger partial charge < -0.3 is 14.9 Å². The normalized spacial score (nSPS) is 16.2. The lowest BCUT2D eigenvalue weighted by atomic mass is 10.0. The van der Waals surface area contributed by atoms with E-state index in [2.05, 4.69) is 20.4 Å². The van der Waals surface area contributed by atoms with Crippen molar-refractivity contribution in [2.45, 2.75) is 44.6 Å². The van der Waals surface area contributed by atoms with Crippen LogP contribution >= 0.6 is 0 Å². The second kappa shape index (κ2) is 8.01. The molecule has 1 saturated carbocycles. The number of aromatic nitrogens is 3. The topological polar surface area (TPSA) is 101 Å². The number of pyridine rings is 1. The number of nitrogens with one attached hydrogen (secondary N) is 1. The number of aliphatic hydroxyl groups excluding tert-OH is 1. The van der Waals surface area contributed by atoms with Crippen LogP contribution in [0.5, 0.6) is 0 Å². The van der Waals surface area contributed by atoms with Crippen LogP contribution < -0.4 is 5.32 Å². The van der Waals surface area contributed by atoms with E-state index in [1.54, 1.807) is 24.5 Å². The third kappa shape index (κ3) is 4.38. The highest BCUT2D eigenvalue weighted by Gasteiger charge is 2.23. The van der Waals surface area contributed by atoms with Gasteiger partial charge in [0.2, 0.25) is 17.6 Å². The average molecular weight is 330 g/mol. The summed E-state index contributed by atoms with van der Waals surface area (Å²) in [5, 5.41) is 16.7. The third-order valence-electron chi connectivity index (χ3n) is 4.42. The summed E-state index contributed by atoms with van der Waals surface area (Å²) in [7, 11) is 0. The summed E-state index contributed by atoms with van der Waals surface area (Å²) in [6, 6.07) is 3.59. The smallest absolute Gasteiger partial charge is 0.227 e. The molecule has 128 valence electrons. The SMILES string of the molecule is O=C(CCc1nc(-c2ccncc2)no1)NCC(O)C1CCCC1. The molecule has 0 bridgehead atoms. The van der Waals surface area contributed by atoms with E-state index >= 15 is 0 Å². The molecule has 1 atom stereocenters. The number of rotatable bonds is 7. The summed E-state index contributed by atoms with van der Waals surface area (Å²) in [5.74, 6) is 1.12. The van der Waals surface area contributed by atoms with Gasteiger partial charge in [-0.3, -0.25) is 9.78 Å². The van der Waals surface area contributed by atoms with Crippen molar-refractivity contribution in [1.29, 1.82) is 0 Å². The molecule has 1 unspecified atom stereocenters. The number of carbonyl (C=O) groups excluding carboxylic acids is 1. The largest absolute Gasteiger partial charge is 0.391 e. The Morgan fingerprint density at radius 1 is 1.33 bits per heavy atom. The van der Waals surface area contributed by atoms with Crippen molar-refractivity contribution in [3.05, 3.63) is 30.4 Å². The van der Waals surface area contributed by atoms with Crippen LogP contribution in [0.3, 0.4) is 0 Å². The molecular formula is C17H22N4O3. The van der Waals surface area contributed by atoms with E-state index in [4.69, 9.17) is 4.52 Å². The van der Waals surface area contributed by atoms with E-state index in [1.165, 1.54) is 12.8 Å². The Balaban J connectivity index is 1.42. The van der Waals surface area contributed by atoms with Gasteiger partial charge in [0, 0.05) is 37.3 Å². The molecule has 2 heterocycles. The van der Waals surface area contributed by atoms with Crippen molar-refractivity contribution in [3.63, 3.8) is 0 Å². The molecule has 0 aromatic carbocycles. The highest BCUT2D eigenvalue weighted by atomic mass is 16.5. The minimum absolute atomic E-state index is 0.115. The number of hydrogen-bond acceptors (Lipinski definition) is 6. The van der Waals surface area contributed by atoms with E-state index in [0.717, 1.165) is 18.4 Å². The molecular weight excluding hydrogens is 308 g/mol. The van der Waals surface area contributed by atoms with Crippen LogP contribution in [0.15, 0.2) is 29.0 Å². The molecule has 2 aromatic heterocycles. The third-order valence-corrected chi connectivity index (χ3v) is 4.42. The van der Waals surface area contributed by atoms with Crippen molar-refractivity contribution in [2.24, 2.45) is 5.92 Å². The van der Waals surface area contributed by atoms with Gasteiger partial charge >= 0.3 is 0 Å². The van der Waals surface area contributed by atoms with Gasteiger partial charge in [-0.25, -0.2) is 0 Å². The maximum Gasteiger partial charge on any atom is 0.227 e. The second-order valence-corrected chi connectivity index (χ2v) is 6.16. The first kappa shape index (κ1) is 16.6. The molecule has 7 nitrogen and oxygen atoms in total. The minimum atomic E-state index is -0.446. The molecule has 1 amide bonds. The van der Waals surface area contributed by atoms with Gasteiger partial charge in [-0.05, 0) is 30.9 Å². The summed E-state index contributed by atoms with van der Waals surface area (Å²) >= 11 is 0. The van der Waals surface area contributed by atoms with Gasteiger partial charge in [0.05, 0.1) is 6.10 Å². The highest BCUT2D eigenvalue weighted by molar-refractivity contribution is 5.76. The van der Waals surface area contributed by atoms with Crippen LogP contribution in [-0.2, 0) is 11.2 Å². The van der Waals surface area contributed by atoms with E-state index in [1.807, 2.05) is 0 Å². The fourth-order valence-corrected chi connectivity index (χ4v) is 3.01. The zero-order chi connectivity index (χ0) is 16.8. The van der Waals surface area contributed by atoms with Gasteiger partial charge in [-0.1, -0.05) is 18.0 Å². The van der Waals surface area contributed by atoms with Crippen molar-refractivity contribution in [1.82, 2.24) is 20.4 Å². The Kier molecular flexibility index (Phi) is 5.53. The number of carbonyl (C=O) groups is 1. The Labute approximate surface area is 140 Å². The van der Waals surface area contributed by atoms with Crippen LogP contribution in [0, 0.1) is 5.92 Å². The van der Waals surface area contributed by atoms with Gasteiger partial charge in [-0.15, -0.1) is 0 Å². The van der Waals surface area contributed by atoms with E-state index in [9.17, 15) is 9.90 Å². The molecule has 1 aliphatic carbocycles. The Morgan fingerprint density at radius 3 is 2.83 bits per heavy atom. The van der Waals surface area contributed by atoms with Crippen molar-refractivity contribution < 1.29 is 14.4 Å². The molecule has 24 heavy (non-hydrogen) atoms. The van der Waals surface area contributed by atoms with Crippen LogP contribution in [-0.4, -0.2) is 38.8 Å². The summed E-state index contributed by atoms with van der Waals surface area (Å²) in [4.78, 5) is 20.1. The van der Waals surface area contributed by atoms with Crippen molar-refractivity contribution in [2.75, 3.05) is 6.54 Å². The summed E-state index contributed by atoms with van der Waals surface area (Å²) in [6.45, 7) is 0.315. The van der Waals surface area contributed by atoms with Crippen LogP contribution in [0.25, 0.3) is 11.4 Å².